The lowest BCUT2D eigenvalue weighted by molar-refractivity contribution is 0.334. The number of furan rings is 1. The number of para-hydroxylation sites is 1. The van der Waals surface area contributed by atoms with Crippen molar-refractivity contribution in [2.24, 2.45) is 0 Å². The molecule has 3 nitrogen and oxygen atoms in total. The fraction of sp³-hybridized carbons (Fsp3) is 0.282. The Labute approximate surface area is 254 Å². The lowest BCUT2D eigenvalue weighted by atomic mass is 9.65. The van der Waals surface area contributed by atoms with E-state index in [1.54, 1.807) is 20.9 Å². The van der Waals surface area contributed by atoms with Gasteiger partial charge >= 0.3 is 0 Å². The first kappa shape index (κ1) is 25.6. The van der Waals surface area contributed by atoms with Gasteiger partial charge < -0.3 is 4.42 Å². The van der Waals surface area contributed by atoms with Crippen LogP contribution in [0.2, 0.25) is 0 Å². The Morgan fingerprint density at radius 2 is 1.44 bits per heavy atom. The second kappa shape index (κ2) is 9.82. The Morgan fingerprint density at radius 1 is 0.628 bits per heavy atom. The number of hydrogen-bond donors (Lipinski definition) is 0. The molecule has 0 atom stereocenters. The molecule has 214 valence electrons. The molecule has 3 aromatic heterocycles. The van der Waals surface area contributed by atoms with Crippen molar-refractivity contribution in [3.8, 4) is 22.4 Å². The van der Waals surface area contributed by atoms with E-state index in [2.05, 4.69) is 77.8 Å². The monoisotopic (exact) mass is 580 g/mol. The number of hydrogen-bond acceptors (Lipinski definition) is 3. The van der Waals surface area contributed by atoms with E-state index in [1.165, 1.54) is 74.0 Å². The van der Waals surface area contributed by atoms with Gasteiger partial charge in [0.2, 0.25) is 0 Å². The molecular weight excluding hydrogens is 545 g/mol. The van der Waals surface area contributed by atoms with Crippen LogP contribution in [0.4, 0.5) is 0 Å². The third-order valence-electron chi connectivity index (χ3n) is 10.6. The molecule has 2 fully saturated rings. The van der Waals surface area contributed by atoms with E-state index < -0.39 is 10.0 Å². The molecule has 43 heavy (non-hydrogen) atoms. The van der Waals surface area contributed by atoms with Crippen LogP contribution in [0.5, 0.6) is 0 Å². The van der Waals surface area contributed by atoms with Crippen LogP contribution >= 0.6 is 10.0 Å². The molecule has 0 N–H and O–H groups in total. The highest BCUT2D eigenvalue weighted by Crippen LogP contribution is 2.73. The first-order chi connectivity index (χ1) is 21.3. The maximum Gasteiger partial charge on any atom is 0.153 e. The molecule has 3 aliphatic rings. The van der Waals surface area contributed by atoms with Crippen molar-refractivity contribution in [2.75, 3.05) is 11.5 Å². The second-order valence-corrected chi connectivity index (χ2v) is 16.2. The van der Waals surface area contributed by atoms with Crippen LogP contribution in [-0.2, 0) is 5.41 Å². The van der Waals surface area contributed by atoms with Gasteiger partial charge in [0.25, 0.3) is 0 Å². The van der Waals surface area contributed by atoms with E-state index in [9.17, 15) is 0 Å². The fourth-order valence-electron chi connectivity index (χ4n) is 8.57. The van der Waals surface area contributed by atoms with Gasteiger partial charge in [-0.3, -0.25) is 9.97 Å². The van der Waals surface area contributed by atoms with Gasteiger partial charge in [-0.05, 0) is 118 Å². The molecule has 0 bridgehead atoms. The van der Waals surface area contributed by atoms with E-state index in [0.717, 1.165) is 33.3 Å². The summed E-state index contributed by atoms with van der Waals surface area (Å²) in [6.07, 6.45) is 14.4. The summed E-state index contributed by atoms with van der Waals surface area (Å²) in [5.41, 5.74) is 10.6. The van der Waals surface area contributed by atoms with E-state index >= 15 is 0 Å². The van der Waals surface area contributed by atoms with E-state index in [1.807, 2.05) is 24.5 Å². The fourth-order valence-corrected chi connectivity index (χ4v) is 13.3. The molecule has 1 saturated heterocycles. The molecule has 4 heteroatoms. The Hall–Kier alpha value is -3.89. The largest absolute Gasteiger partial charge is 0.454 e. The zero-order valence-electron chi connectivity index (χ0n) is 24.5. The summed E-state index contributed by atoms with van der Waals surface area (Å²) in [6, 6.07) is 31.9. The predicted octanol–water partition coefficient (Wildman–Crippen LogP) is 10.7. The molecule has 0 radical (unpaired) electrons. The Morgan fingerprint density at radius 3 is 2.35 bits per heavy atom. The predicted molar refractivity (Wildman–Crippen MR) is 178 cm³/mol. The average Bonchev–Trinajstić information content (AvgIpc) is 3.47. The second-order valence-electron chi connectivity index (χ2n) is 12.8. The van der Waals surface area contributed by atoms with Crippen molar-refractivity contribution in [1.29, 1.82) is 0 Å². The normalized spacial score (nSPS) is 19.3. The topological polar surface area (TPSA) is 38.9 Å². The quantitative estimate of drug-likeness (QED) is 0.204. The number of benzene rings is 3. The molecular formula is C39H36N2OS. The molecule has 1 aliphatic carbocycles. The minimum Gasteiger partial charge on any atom is -0.454 e. The standard InChI is InChI=1S/C39H36N2OS/c1-5-19-39(20-6-1)31-13-3-4-15-35(31)43(23-7-2-8-24-43)36-26-27(16-17-32(36)39)28-18-22-40-33(25-28)29-11-9-12-30-37-34(42-38(29)30)14-10-21-41-37/h3-4,9-18,21-22,25-26H,1-2,5-8,19-20,23-24H2. The zero-order valence-corrected chi connectivity index (χ0v) is 25.3. The highest BCUT2D eigenvalue weighted by atomic mass is 32.3. The van der Waals surface area contributed by atoms with Crippen LogP contribution in [0.1, 0.15) is 62.5 Å². The number of nitrogens with zero attached hydrogens (tertiary/aromatic N) is 2. The van der Waals surface area contributed by atoms with Crippen LogP contribution in [0.15, 0.2) is 112 Å². The molecule has 9 rings (SSSR count). The van der Waals surface area contributed by atoms with Crippen molar-refractivity contribution < 1.29 is 4.42 Å². The van der Waals surface area contributed by atoms with Gasteiger partial charge in [-0.15, -0.1) is 0 Å². The number of fused-ring (bicyclic) bond motifs is 9. The first-order valence-corrected chi connectivity index (χ1v) is 18.0. The zero-order chi connectivity index (χ0) is 28.4. The maximum absolute atomic E-state index is 6.33. The average molecular weight is 581 g/mol. The van der Waals surface area contributed by atoms with Crippen LogP contribution in [-0.4, -0.2) is 21.5 Å². The van der Waals surface area contributed by atoms with Crippen molar-refractivity contribution in [2.45, 2.75) is 66.6 Å². The molecule has 0 unspecified atom stereocenters. The van der Waals surface area contributed by atoms with E-state index in [4.69, 9.17) is 9.40 Å². The molecule has 2 aliphatic heterocycles. The first-order valence-electron chi connectivity index (χ1n) is 16.0. The number of pyridine rings is 2. The third-order valence-corrected chi connectivity index (χ3v) is 14.9. The van der Waals surface area contributed by atoms with Gasteiger partial charge in [-0.1, -0.05) is 62.1 Å². The Kier molecular flexibility index (Phi) is 5.84. The Balaban J connectivity index is 1.22. The molecule has 3 aromatic carbocycles. The summed E-state index contributed by atoms with van der Waals surface area (Å²) >= 11 is 0. The summed E-state index contributed by atoms with van der Waals surface area (Å²) in [4.78, 5) is 12.8. The number of aromatic nitrogens is 2. The minimum absolute atomic E-state index is 0.173. The van der Waals surface area contributed by atoms with E-state index in [-0.39, 0.29) is 5.41 Å². The SMILES string of the molecule is c1ccc2c(c1)C1(CCCCC1)c1ccc(-c3ccnc(-c4cccc5c4oc4cccnc45)c3)cc1S21CCCCC1. The van der Waals surface area contributed by atoms with Gasteiger partial charge in [-0.2, -0.15) is 10.0 Å². The summed E-state index contributed by atoms with van der Waals surface area (Å²) in [6.45, 7) is 0. The number of rotatable bonds is 2. The molecule has 6 aromatic rings. The van der Waals surface area contributed by atoms with Crippen molar-refractivity contribution in [1.82, 2.24) is 9.97 Å². The van der Waals surface area contributed by atoms with Gasteiger partial charge in [0.15, 0.2) is 5.58 Å². The lowest BCUT2D eigenvalue weighted by Crippen LogP contribution is -2.37. The molecule has 1 saturated carbocycles. The van der Waals surface area contributed by atoms with Crippen LogP contribution in [0, 0.1) is 0 Å². The van der Waals surface area contributed by atoms with Crippen LogP contribution < -0.4 is 0 Å². The van der Waals surface area contributed by atoms with Crippen molar-refractivity contribution in [3.05, 3.63) is 108 Å². The summed E-state index contributed by atoms with van der Waals surface area (Å²) in [7, 11) is -1.07. The van der Waals surface area contributed by atoms with Crippen LogP contribution in [0.3, 0.4) is 0 Å². The van der Waals surface area contributed by atoms with Crippen molar-refractivity contribution in [3.63, 3.8) is 0 Å². The summed E-state index contributed by atoms with van der Waals surface area (Å²) in [5.74, 6) is 2.67. The molecule has 2 spiro atoms. The van der Waals surface area contributed by atoms with E-state index in [0.29, 0.717) is 0 Å². The van der Waals surface area contributed by atoms with Gasteiger partial charge in [0.05, 0.1) is 5.69 Å². The molecule has 0 amide bonds. The van der Waals surface area contributed by atoms with Gasteiger partial charge in [0, 0.05) is 28.8 Å². The van der Waals surface area contributed by atoms with Gasteiger partial charge in [-0.25, -0.2) is 0 Å². The minimum atomic E-state index is -1.07. The van der Waals surface area contributed by atoms with Crippen LogP contribution in [0.25, 0.3) is 44.5 Å². The summed E-state index contributed by atoms with van der Waals surface area (Å²) in [5, 5.41) is 1.04. The Bertz CT molecular complexity index is 2010. The maximum atomic E-state index is 6.33. The molecule has 5 heterocycles. The highest BCUT2D eigenvalue weighted by molar-refractivity contribution is 8.34. The van der Waals surface area contributed by atoms with Gasteiger partial charge in [0.1, 0.15) is 11.1 Å². The highest BCUT2D eigenvalue weighted by Gasteiger charge is 2.48. The van der Waals surface area contributed by atoms with Crippen molar-refractivity contribution >= 4 is 32.1 Å². The smallest absolute Gasteiger partial charge is 0.153 e. The lowest BCUT2D eigenvalue weighted by Gasteiger charge is -2.55. The third kappa shape index (κ3) is 3.75. The summed E-state index contributed by atoms with van der Waals surface area (Å²) < 4.78 is 6.33.